The van der Waals surface area contributed by atoms with Crippen LogP contribution in [-0.2, 0) is 6.42 Å². The van der Waals surface area contributed by atoms with Gasteiger partial charge in [0.1, 0.15) is 0 Å². The molecule has 0 saturated heterocycles. The second-order valence-electron chi connectivity index (χ2n) is 5.06. The molecule has 0 aliphatic heterocycles. The maximum atomic E-state index is 10.3. The lowest BCUT2D eigenvalue weighted by atomic mass is 9.90. The van der Waals surface area contributed by atoms with Crippen LogP contribution in [0.4, 0.5) is 0 Å². The SMILES string of the molecule is CCCC(C)(O)Cc1cccc2ccccc12. The van der Waals surface area contributed by atoms with E-state index < -0.39 is 5.60 Å². The largest absolute Gasteiger partial charge is 0.390 e. The molecule has 0 aliphatic carbocycles. The van der Waals surface area contributed by atoms with Gasteiger partial charge in [0.15, 0.2) is 0 Å². The molecular weight excluding hydrogens is 208 g/mol. The quantitative estimate of drug-likeness (QED) is 0.840. The van der Waals surface area contributed by atoms with E-state index in [2.05, 4.69) is 49.4 Å². The van der Waals surface area contributed by atoms with Crippen LogP contribution in [0.2, 0.25) is 0 Å². The van der Waals surface area contributed by atoms with E-state index in [9.17, 15) is 5.11 Å². The zero-order valence-electron chi connectivity index (χ0n) is 10.6. The van der Waals surface area contributed by atoms with Crippen LogP contribution in [0.1, 0.15) is 32.3 Å². The van der Waals surface area contributed by atoms with Crippen molar-refractivity contribution in [2.75, 3.05) is 0 Å². The first-order valence-corrected chi connectivity index (χ1v) is 6.31. The molecule has 1 N–H and O–H groups in total. The summed E-state index contributed by atoms with van der Waals surface area (Å²) in [6, 6.07) is 14.7. The first kappa shape index (κ1) is 12.1. The van der Waals surface area contributed by atoms with Gasteiger partial charge in [0.25, 0.3) is 0 Å². The molecule has 2 rings (SSSR count). The fourth-order valence-corrected chi connectivity index (χ4v) is 2.48. The van der Waals surface area contributed by atoms with Gasteiger partial charge in [-0.15, -0.1) is 0 Å². The number of aliphatic hydroxyl groups is 1. The predicted molar refractivity (Wildman–Crippen MR) is 73.2 cm³/mol. The third kappa shape index (κ3) is 2.86. The molecule has 1 nitrogen and oxygen atoms in total. The molecule has 0 radical (unpaired) electrons. The van der Waals surface area contributed by atoms with Crippen molar-refractivity contribution in [1.82, 2.24) is 0 Å². The van der Waals surface area contributed by atoms with E-state index in [1.54, 1.807) is 0 Å². The number of rotatable bonds is 4. The Morgan fingerprint density at radius 3 is 2.53 bits per heavy atom. The van der Waals surface area contributed by atoms with Crippen LogP contribution in [0.3, 0.4) is 0 Å². The van der Waals surface area contributed by atoms with Gasteiger partial charge >= 0.3 is 0 Å². The highest BCUT2D eigenvalue weighted by atomic mass is 16.3. The smallest absolute Gasteiger partial charge is 0.0660 e. The van der Waals surface area contributed by atoms with Crippen molar-refractivity contribution in [3.05, 3.63) is 48.0 Å². The Kier molecular flexibility index (Phi) is 3.49. The zero-order valence-corrected chi connectivity index (χ0v) is 10.6. The van der Waals surface area contributed by atoms with Gasteiger partial charge in [-0.2, -0.15) is 0 Å². The molecule has 0 aliphatic rings. The van der Waals surface area contributed by atoms with Crippen molar-refractivity contribution in [1.29, 1.82) is 0 Å². The normalized spacial score (nSPS) is 14.8. The molecule has 0 heterocycles. The van der Waals surface area contributed by atoms with Gasteiger partial charge in [0.2, 0.25) is 0 Å². The Bertz CT molecular complexity index is 494. The van der Waals surface area contributed by atoms with Crippen molar-refractivity contribution in [2.45, 2.75) is 38.7 Å². The number of hydrogen-bond donors (Lipinski definition) is 1. The van der Waals surface area contributed by atoms with Crippen LogP contribution in [0.15, 0.2) is 42.5 Å². The van der Waals surface area contributed by atoms with Crippen LogP contribution in [0.5, 0.6) is 0 Å². The van der Waals surface area contributed by atoms with E-state index in [1.165, 1.54) is 16.3 Å². The molecular formula is C16H20O. The summed E-state index contributed by atoms with van der Waals surface area (Å²) < 4.78 is 0. The minimum absolute atomic E-state index is 0.598. The van der Waals surface area contributed by atoms with Gasteiger partial charge < -0.3 is 5.11 Å². The molecule has 1 unspecified atom stereocenters. The molecule has 0 bridgehead atoms. The molecule has 0 spiro atoms. The average molecular weight is 228 g/mol. The fourth-order valence-electron chi connectivity index (χ4n) is 2.48. The summed E-state index contributed by atoms with van der Waals surface area (Å²) in [6.07, 6.45) is 2.58. The van der Waals surface area contributed by atoms with Gasteiger partial charge in [0, 0.05) is 6.42 Å². The highest BCUT2D eigenvalue weighted by Crippen LogP contribution is 2.24. The van der Waals surface area contributed by atoms with Crippen molar-refractivity contribution in [2.24, 2.45) is 0 Å². The fraction of sp³-hybridized carbons (Fsp3) is 0.375. The monoisotopic (exact) mass is 228 g/mol. The summed E-state index contributed by atoms with van der Waals surface area (Å²) in [7, 11) is 0. The minimum atomic E-state index is -0.598. The zero-order chi connectivity index (χ0) is 12.3. The van der Waals surface area contributed by atoms with Crippen LogP contribution < -0.4 is 0 Å². The maximum Gasteiger partial charge on any atom is 0.0660 e. The summed E-state index contributed by atoms with van der Waals surface area (Å²) in [5.74, 6) is 0. The first-order valence-electron chi connectivity index (χ1n) is 6.31. The lowest BCUT2D eigenvalue weighted by molar-refractivity contribution is 0.0509. The van der Waals surface area contributed by atoms with E-state index in [-0.39, 0.29) is 0 Å². The molecule has 17 heavy (non-hydrogen) atoms. The predicted octanol–water partition coefficient (Wildman–Crippen LogP) is 3.93. The highest BCUT2D eigenvalue weighted by Gasteiger charge is 2.20. The Balaban J connectivity index is 2.36. The topological polar surface area (TPSA) is 20.2 Å². The average Bonchev–Trinajstić information content (AvgIpc) is 2.29. The molecule has 90 valence electrons. The first-order chi connectivity index (χ1) is 8.12. The molecule has 0 amide bonds. The van der Waals surface area contributed by atoms with Gasteiger partial charge in [-0.1, -0.05) is 55.8 Å². The van der Waals surface area contributed by atoms with Gasteiger partial charge in [0.05, 0.1) is 5.60 Å². The van der Waals surface area contributed by atoms with E-state index >= 15 is 0 Å². The molecule has 2 aromatic carbocycles. The van der Waals surface area contributed by atoms with Gasteiger partial charge in [-0.3, -0.25) is 0 Å². The van der Waals surface area contributed by atoms with Crippen molar-refractivity contribution in [3.8, 4) is 0 Å². The van der Waals surface area contributed by atoms with E-state index in [4.69, 9.17) is 0 Å². The van der Waals surface area contributed by atoms with E-state index in [1.807, 2.05) is 6.92 Å². The van der Waals surface area contributed by atoms with E-state index in [0.717, 1.165) is 19.3 Å². The molecule has 2 aromatic rings. The van der Waals surface area contributed by atoms with Crippen LogP contribution in [0, 0.1) is 0 Å². The van der Waals surface area contributed by atoms with E-state index in [0.29, 0.717) is 0 Å². The van der Waals surface area contributed by atoms with Gasteiger partial charge in [-0.25, -0.2) is 0 Å². The summed E-state index contributed by atoms with van der Waals surface area (Å²) in [5, 5.41) is 12.8. The Morgan fingerprint density at radius 2 is 1.76 bits per heavy atom. The lowest BCUT2D eigenvalue weighted by Crippen LogP contribution is -2.26. The number of benzene rings is 2. The summed E-state index contributed by atoms with van der Waals surface area (Å²) in [5.41, 5.74) is 0.639. The summed E-state index contributed by atoms with van der Waals surface area (Å²) in [4.78, 5) is 0. The molecule has 0 aromatic heterocycles. The lowest BCUT2D eigenvalue weighted by Gasteiger charge is -2.23. The Labute approximate surface area is 103 Å². The third-order valence-electron chi connectivity index (χ3n) is 3.24. The maximum absolute atomic E-state index is 10.3. The van der Waals surface area contributed by atoms with Crippen molar-refractivity contribution >= 4 is 10.8 Å². The second kappa shape index (κ2) is 4.89. The van der Waals surface area contributed by atoms with Crippen LogP contribution >= 0.6 is 0 Å². The standard InChI is InChI=1S/C16H20O/c1-3-11-16(2,17)12-14-9-6-8-13-7-4-5-10-15(13)14/h4-10,17H,3,11-12H2,1-2H3. The van der Waals surface area contributed by atoms with Crippen LogP contribution in [0.25, 0.3) is 10.8 Å². The number of hydrogen-bond acceptors (Lipinski definition) is 1. The third-order valence-corrected chi connectivity index (χ3v) is 3.24. The van der Waals surface area contributed by atoms with Crippen molar-refractivity contribution in [3.63, 3.8) is 0 Å². The second-order valence-corrected chi connectivity index (χ2v) is 5.06. The molecule has 0 saturated carbocycles. The molecule has 0 fully saturated rings. The molecule has 1 atom stereocenters. The summed E-state index contributed by atoms with van der Waals surface area (Å²) in [6.45, 7) is 4.04. The highest BCUT2D eigenvalue weighted by molar-refractivity contribution is 5.85. The minimum Gasteiger partial charge on any atom is -0.390 e. The summed E-state index contributed by atoms with van der Waals surface area (Å²) >= 11 is 0. The van der Waals surface area contributed by atoms with Crippen LogP contribution in [-0.4, -0.2) is 10.7 Å². The van der Waals surface area contributed by atoms with Crippen molar-refractivity contribution < 1.29 is 5.11 Å². The van der Waals surface area contributed by atoms with Gasteiger partial charge in [-0.05, 0) is 29.7 Å². The Hall–Kier alpha value is -1.34. The molecule has 1 heteroatoms. The number of fused-ring (bicyclic) bond motifs is 1. The Morgan fingerprint density at radius 1 is 1.06 bits per heavy atom.